The van der Waals surface area contributed by atoms with Gasteiger partial charge in [0.25, 0.3) is 0 Å². The molecule has 0 bridgehead atoms. The second-order valence-corrected chi connectivity index (χ2v) is 4.18. The van der Waals surface area contributed by atoms with E-state index >= 15 is 0 Å². The van der Waals surface area contributed by atoms with Crippen molar-refractivity contribution in [3.05, 3.63) is 30.3 Å². The quantitative estimate of drug-likeness (QED) is 0.809. The lowest BCUT2D eigenvalue weighted by atomic mass is 10.1. The second-order valence-electron chi connectivity index (χ2n) is 4.18. The first-order chi connectivity index (χ1) is 7.42. The summed E-state index contributed by atoms with van der Waals surface area (Å²) in [5.74, 6) is 0. The molecule has 0 aromatic heterocycles. The summed E-state index contributed by atoms with van der Waals surface area (Å²) in [7, 11) is 0. The molecule has 1 aromatic carbocycles. The van der Waals surface area contributed by atoms with E-state index in [1.165, 1.54) is 18.5 Å². The Hall–Kier alpha value is -1.02. The maximum absolute atomic E-state index is 3.44. The van der Waals surface area contributed by atoms with E-state index in [9.17, 15) is 0 Å². The van der Waals surface area contributed by atoms with Crippen LogP contribution in [0.3, 0.4) is 0 Å². The molecule has 0 saturated carbocycles. The molecular formula is C13H20N2. The molecular weight excluding hydrogens is 184 g/mol. The van der Waals surface area contributed by atoms with Crippen molar-refractivity contribution in [1.29, 1.82) is 0 Å². The fourth-order valence-electron chi connectivity index (χ4n) is 2.29. The Balaban J connectivity index is 2.11. The van der Waals surface area contributed by atoms with Crippen molar-refractivity contribution < 1.29 is 0 Å². The van der Waals surface area contributed by atoms with E-state index in [0.29, 0.717) is 6.04 Å². The van der Waals surface area contributed by atoms with Crippen molar-refractivity contribution >= 4 is 5.69 Å². The van der Waals surface area contributed by atoms with Gasteiger partial charge < -0.3 is 10.2 Å². The van der Waals surface area contributed by atoms with Crippen molar-refractivity contribution in [2.75, 3.05) is 24.5 Å². The number of benzene rings is 1. The normalized spacial score (nSPS) is 20.5. The average Bonchev–Trinajstić information content (AvgIpc) is 2.80. The van der Waals surface area contributed by atoms with Gasteiger partial charge in [0.1, 0.15) is 0 Å². The number of hydrogen-bond acceptors (Lipinski definition) is 2. The third-order valence-corrected chi connectivity index (χ3v) is 3.03. The third kappa shape index (κ3) is 2.51. The summed E-state index contributed by atoms with van der Waals surface area (Å²) in [5.41, 5.74) is 1.37. The maximum atomic E-state index is 3.44. The van der Waals surface area contributed by atoms with Gasteiger partial charge in [0.15, 0.2) is 0 Å². The van der Waals surface area contributed by atoms with Crippen molar-refractivity contribution in [2.45, 2.75) is 25.8 Å². The molecule has 1 unspecified atom stereocenters. The molecule has 1 fully saturated rings. The summed E-state index contributed by atoms with van der Waals surface area (Å²) < 4.78 is 0. The summed E-state index contributed by atoms with van der Waals surface area (Å²) in [6.07, 6.45) is 2.49. The Morgan fingerprint density at radius 2 is 2.13 bits per heavy atom. The topological polar surface area (TPSA) is 15.3 Å². The summed E-state index contributed by atoms with van der Waals surface area (Å²) in [4.78, 5) is 2.54. The monoisotopic (exact) mass is 204 g/mol. The van der Waals surface area contributed by atoms with Gasteiger partial charge in [-0.25, -0.2) is 0 Å². The minimum absolute atomic E-state index is 0.687. The molecule has 2 rings (SSSR count). The van der Waals surface area contributed by atoms with Gasteiger partial charge in [0.2, 0.25) is 0 Å². The summed E-state index contributed by atoms with van der Waals surface area (Å²) in [6, 6.07) is 11.5. The minimum atomic E-state index is 0.687. The lowest BCUT2D eigenvalue weighted by molar-refractivity contribution is 0.625. The Labute approximate surface area is 92.3 Å². The molecule has 1 aliphatic rings. The molecule has 2 heteroatoms. The molecule has 15 heavy (non-hydrogen) atoms. The van der Waals surface area contributed by atoms with Crippen LogP contribution in [-0.4, -0.2) is 25.7 Å². The second kappa shape index (κ2) is 5.17. The van der Waals surface area contributed by atoms with Crippen molar-refractivity contribution in [3.63, 3.8) is 0 Å². The first-order valence-corrected chi connectivity index (χ1v) is 5.94. The van der Waals surface area contributed by atoms with E-state index in [0.717, 1.165) is 19.6 Å². The average molecular weight is 204 g/mol. The SMILES string of the molecule is CCCN(c1ccccc1)C1CCNC1. The molecule has 2 nitrogen and oxygen atoms in total. The van der Waals surface area contributed by atoms with E-state index in [1.807, 2.05) is 0 Å². The fraction of sp³-hybridized carbons (Fsp3) is 0.538. The highest BCUT2D eigenvalue weighted by Gasteiger charge is 2.21. The lowest BCUT2D eigenvalue weighted by Gasteiger charge is -2.30. The van der Waals surface area contributed by atoms with Crippen LogP contribution in [0.2, 0.25) is 0 Å². The Bertz CT molecular complexity index is 278. The van der Waals surface area contributed by atoms with E-state index in [-0.39, 0.29) is 0 Å². The van der Waals surface area contributed by atoms with Gasteiger partial charge in [-0.15, -0.1) is 0 Å². The van der Waals surface area contributed by atoms with Crippen LogP contribution in [0.25, 0.3) is 0 Å². The van der Waals surface area contributed by atoms with Gasteiger partial charge in [0, 0.05) is 24.8 Å². The van der Waals surface area contributed by atoms with Gasteiger partial charge in [-0.1, -0.05) is 25.1 Å². The molecule has 1 heterocycles. The Morgan fingerprint density at radius 1 is 1.33 bits per heavy atom. The Kier molecular flexibility index (Phi) is 3.62. The molecule has 0 amide bonds. The van der Waals surface area contributed by atoms with E-state index in [4.69, 9.17) is 0 Å². The third-order valence-electron chi connectivity index (χ3n) is 3.03. The highest BCUT2D eigenvalue weighted by atomic mass is 15.2. The molecule has 0 radical (unpaired) electrons. The number of nitrogens with zero attached hydrogens (tertiary/aromatic N) is 1. The molecule has 0 spiro atoms. The number of anilines is 1. The largest absolute Gasteiger partial charge is 0.367 e. The lowest BCUT2D eigenvalue weighted by Crippen LogP contribution is -2.37. The zero-order valence-corrected chi connectivity index (χ0v) is 9.45. The summed E-state index contributed by atoms with van der Waals surface area (Å²) >= 11 is 0. The molecule has 1 saturated heterocycles. The van der Waals surface area contributed by atoms with E-state index < -0.39 is 0 Å². The minimum Gasteiger partial charge on any atom is -0.367 e. The zero-order valence-electron chi connectivity index (χ0n) is 9.45. The predicted molar refractivity (Wildman–Crippen MR) is 65.4 cm³/mol. The highest BCUT2D eigenvalue weighted by Crippen LogP contribution is 2.19. The Morgan fingerprint density at radius 3 is 2.73 bits per heavy atom. The first kappa shape index (κ1) is 10.5. The van der Waals surface area contributed by atoms with Gasteiger partial charge in [0.05, 0.1) is 0 Å². The van der Waals surface area contributed by atoms with Gasteiger partial charge in [-0.05, 0) is 31.5 Å². The van der Waals surface area contributed by atoms with Crippen molar-refractivity contribution in [1.82, 2.24) is 5.32 Å². The standard InChI is InChI=1S/C13H20N2/c1-2-10-15(13-8-9-14-11-13)12-6-4-3-5-7-12/h3-7,13-14H,2,8-11H2,1H3. The van der Waals surface area contributed by atoms with E-state index in [2.05, 4.69) is 47.5 Å². The summed E-state index contributed by atoms with van der Waals surface area (Å²) in [5, 5.41) is 3.44. The summed E-state index contributed by atoms with van der Waals surface area (Å²) in [6.45, 7) is 5.71. The van der Waals surface area contributed by atoms with Gasteiger partial charge >= 0.3 is 0 Å². The van der Waals surface area contributed by atoms with E-state index in [1.54, 1.807) is 0 Å². The molecule has 1 atom stereocenters. The van der Waals surface area contributed by atoms with Gasteiger partial charge in [-0.2, -0.15) is 0 Å². The molecule has 82 valence electrons. The fourth-order valence-corrected chi connectivity index (χ4v) is 2.29. The zero-order chi connectivity index (χ0) is 10.5. The maximum Gasteiger partial charge on any atom is 0.0426 e. The molecule has 1 aliphatic heterocycles. The highest BCUT2D eigenvalue weighted by molar-refractivity contribution is 5.47. The smallest absolute Gasteiger partial charge is 0.0426 e. The predicted octanol–water partition coefficient (Wildman–Crippen LogP) is 2.26. The van der Waals surface area contributed by atoms with Crippen LogP contribution >= 0.6 is 0 Å². The van der Waals surface area contributed by atoms with Crippen molar-refractivity contribution in [2.24, 2.45) is 0 Å². The van der Waals surface area contributed by atoms with Crippen LogP contribution in [0.1, 0.15) is 19.8 Å². The van der Waals surface area contributed by atoms with Crippen LogP contribution in [0.15, 0.2) is 30.3 Å². The van der Waals surface area contributed by atoms with Crippen LogP contribution < -0.4 is 10.2 Å². The molecule has 1 aromatic rings. The molecule has 1 N–H and O–H groups in total. The first-order valence-electron chi connectivity index (χ1n) is 5.94. The van der Waals surface area contributed by atoms with Crippen molar-refractivity contribution in [3.8, 4) is 0 Å². The number of para-hydroxylation sites is 1. The number of rotatable bonds is 4. The van der Waals surface area contributed by atoms with Crippen LogP contribution in [-0.2, 0) is 0 Å². The number of hydrogen-bond donors (Lipinski definition) is 1. The van der Waals surface area contributed by atoms with Gasteiger partial charge in [-0.3, -0.25) is 0 Å². The number of nitrogens with one attached hydrogen (secondary N) is 1. The molecule has 0 aliphatic carbocycles. The van der Waals surface area contributed by atoms with Crippen LogP contribution in [0.4, 0.5) is 5.69 Å². The van der Waals surface area contributed by atoms with Crippen LogP contribution in [0.5, 0.6) is 0 Å². The van der Waals surface area contributed by atoms with Crippen LogP contribution in [0, 0.1) is 0 Å².